The number of imidazole rings is 1. The number of aromatic nitrogens is 4. The van der Waals surface area contributed by atoms with Gasteiger partial charge in [-0.25, -0.2) is 9.78 Å². The van der Waals surface area contributed by atoms with E-state index in [9.17, 15) is 19.8 Å². The van der Waals surface area contributed by atoms with Crippen molar-refractivity contribution in [3.05, 3.63) is 27.2 Å². The van der Waals surface area contributed by atoms with E-state index in [0.29, 0.717) is 5.65 Å². The number of hydrogen-bond acceptors (Lipinski definition) is 6. The quantitative estimate of drug-likeness (QED) is 0.485. The van der Waals surface area contributed by atoms with Crippen LogP contribution in [0.25, 0.3) is 11.2 Å². The molecule has 3 N–H and O–H groups in total. The Morgan fingerprint density at radius 2 is 2.16 bits per heavy atom. The van der Waals surface area contributed by atoms with E-state index >= 15 is 0 Å². The molecule has 1 fully saturated rings. The predicted octanol–water partition coefficient (Wildman–Crippen LogP) is -2.48. The van der Waals surface area contributed by atoms with E-state index < -0.39 is 35.8 Å². The number of aliphatic hydroxyl groups is 2. The van der Waals surface area contributed by atoms with Gasteiger partial charge >= 0.3 is 5.69 Å². The van der Waals surface area contributed by atoms with Gasteiger partial charge in [-0.05, 0) is 0 Å². The highest BCUT2D eigenvalue weighted by atomic mass is 16.6. The lowest BCUT2D eigenvalue weighted by Gasteiger charge is -2.19. The van der Waals surface area contributed by atoms with Crippen LogP contribution in [0.3, 0.4) is 0 Å². The van der Waals surface area contributed by atoms with Crippen molar-refractivity contribution in [2.45, 2.75) is 31.1 Å². The minimum Gasteiger partial charge on any atom is -0.387 e. The summed E-state index contributed by atoms with van der Waals surface area (Å²) in [6, 6.07) is 0. The molecule has 1 saturated heterocycles. The van der Waals surface area contributed by atoms with Crippen LogP contribution in [0.2, 0.25) is 0 Å². The summed E-state index contributed by atoms with van der Waals surface area (Å²) in [7, 11) is 0. The van der Waals surface area contributed by atoms with Gasteiger partial charge in [-0.3, -0.25) is 18.9 Å². The van der Waals surface area contributed by atoms with E-state index in [1.807, 2.05) is 0 Å². The summed E-state index contributed by atoms with van der Waals surface area (Å²) in [6.45, 7) is 0.0481. The zero-order valence-corrected chi connectivity index (χ0v) is 9.55. The number of ether oxygens (including phenoxy) is 1. The Balaban J connectivity index is 2.13. The first-order valence-electron chi connectivity index (χ1n) is 5.79. The van der Waals surface area contributed by atoms with Gasteiger partial charge < -0.3 is 14.9 Å². The van der Waals surface area contributed by atoms with Crippen molar-refractivity contribution >= 4 is 11.2 Å². The normalized spacial score (nSPS) is 32.7. The molecule has 4 atom stereocenters. The van der Waals surface area contributed by atoms with Gasteiger partial charge in [0.05, 0.1) is 12.9 Å². The minimum atomic E-state index is -1.12. The molecule has 2 aromatic rings. The molecule has 0 spiro atoms. The fourth-order valence-electron chi connectivity index (χ4n) is 2.75. The Kier molecular flexibility index (Phi) is 1.91. The van der Waals surface area contributed by atoms with Gasteiger partial charge in [0.15, 0.2) is 17.4 Å². The second-order valence-corrected chi connectivity index (χ2v) is 4.74. The van der Waals surface area contributed by atoms with E-state index in [1.54, 1.807) is 0 Å². The zero-order chi connectivity index (χ0) is 13.3. The van der Waals surface area contributed by atoms with Crippen LogP contribution in [0.15, 0.2) is 15.9 Å². The Morgan fingerprint density at radius 1 is 1.37 bits per heavy atom. The predicted molar refractivity (Wildman–Crippen MR) is 60.5 cm³/mol. The van der Waals surface area contributed by atoms with Gasteiger partial charge in [0.2, 0.25) is 0 Å². The number of aliphatic hydroxyl groups excluding tert-OH is 2. The maximum absolute atomic E-state index is 11.9. The van der Waals surface area contributed by atoms with Gasteiger partial charge in [-0.15, -0.1) is 0 Å². The molecular formula is C10H10N4O5. The summed E-state index contributed by atoms with van der Waals surface area (Å²) in [6.07, 6.45) is -2.43. The summed E-state index contributed by atoms with van der Waals surface area (Å²) in [4.78, 5) is 29.6. The van der Waals surface area contributed by atoms with Gasteiger partial charge in [0.25, 0.3) is 5.56 Å². The highest BCUT2D eigenvalue weighted by Crippen LogP contribution is 2.34. The third kappa shape index (κ3) is 1.21. The number of nitrogens with zero attached hydrogens (tertiary/aromatic N) is 3. The van der Waals surface area contributed by atoms with Crippen LogP contribution in [0.5, 0.6) is 0 Å². The molecule has 0 radical (unpaired) electrons. The lowest BCUT2D eigenvalue weighted by molar-refractivity contribution is -0.0331. The van der Waals surface area contributed by atoms with Crippen molar-refractivity contribution in [3.8, 4) is 0 Å². The molecule has 0 aromatic carbocycles. The molecule has 9 nitrogen and oxygen atoms in total. The van der Waals surface area contributed by atoms with Crippen molar-refractivity contribution in [1.29, 1.82) is 0 Å². The SMILES string of the molecule is O=c1[nH]c(=O)n2c3c1ncn3[C@H]1O[C@H](C2)C(O)C1O. The third-order valence-electron chi connectivity index (χ3n) is 3.68. The Labute approximate surface area is 104 Å². The Morgan fingerprint density at radius 3 is 2.95 bits per heavy atom. The fourth-order valence-corrected chi connectivity index (χ4v) is 2.75. The first-order chi connectivity index (χ1) is 9.08. The monoisotopic (exact) mass is 266 g/mol. The maximum atomic E-state index is 11.9. The van der Waals surface area contributed by atoms with Crippen LogP contribution in [0, 0.1) is 0 Å². The number of aromatic amines is 1. The largest absolute Gasteiger partial charge is 0.387 e. The number of hydrogen-bond donors (Lipinski definition) is 3. The van der Waals surface area contributed by atoms with E-state index in [0.717, 1.165) is 0 Å². The molecule has 0 amide bonds. The highest BCUT2D eigenvalue weighted by Gasteiger charge is 2.46. The highest BCUT2D eigenvalue weighted by molar-refractivity contribution is 5.70. The average molecular weight is 266 g/mol. The molecule has 9 heteroatoms. The molecule has 0 aliphatic carbocycles. The molecule has 4 heterocycles. The van der Waals surface area contributed by atoms with E-state index in [2.05, 4.69) is 9.97 Å². The number of nitrogens with one attached hydrogen (secondary N) is 1. The molecule has 2 aliphatic heterocycles. The van der Waals surface area contributed by atoms with Crippen molar-refractivity contribution in [3.63, 3.8) is 0 Å². The first-order valence-corrected chi connectivity index (χ1v) is 5.79. The number of fused-ring (bicyclic) bond motifs is 3. The molecule has 2 aromatic heterocycles. The van der Waals surface area contributed by atoms with Gasteiger partial charge in [-0.1, -0.05) is 0 Å². The van der Waals surface area contributed by atoms with Gasteiger partial charge in [0.1, 0.15) is 18.3 Å². The van der Waals surface area contributed by atoms with Crippen LogP contribution < -0.4 is 11.2 Å². The lowest BCUT2D eigenvalue weighted by atomic mass is 10.1. The van der Waals surface area contributed by atoms with Crippen LogP contribution in [0.1, 0.15) is 6.23 Å². The van der Waals surface area contributed by atoms with Crippen LogP contribution in [-0.2, 0) is 11.3 Å². The molecule has 2 bridgehead atoms. The van der Waals surface area contributed by atoms with Crippen molar-refractivity contribution in [2.75, 3.05) is 0 Å². The average Bonchev–Trinajstić information content (AvgIpc) is 2.85. The summed E-state index contributed by atoms with van der Waals surface area (Å²) in [5, 5.41) is 19.8. The molecule has 2 unspecified atom stereocenters. The maximum Gasteiger partial charge on any atom is 0.330 e. The van der Waals surface area contributed by atoms with E-state index in [1.165, 1.54) is 15.5 Å². The van der Waals surface area contributed by atoms with Crippen LogP contribution in [-0.4, -0.2) is 47.6 Å². The Hall–Kier alpha value is -1.97. The zero-order valence-electron chi connectivity index (χ0n) is 9.55. The van der Waals surface area contributed by atoms with Gasteiger partial charge in [0, 0.05) is 0 Å². The summed E-state index contributed by atoms with van der Waals surface area (Å²) in [5.74, 6) is 0. The van der Waals surface area contributed by atoms with Crippen molar-refractivity contribution in [2.24, 2.45) is 0 Å². The topological polar surface area (TPSA) is 122 Å². The molecule has 0 saturated carbocycles. The Bertz CT molecular complexity index is 789. The molecule has 4 rings (SSSR count). The van der Waals surface area contributed by atoms with Crippen LogP contribution >= 0.6 is 0 Å². The number of rotatable bonds is 0. The van der Waals surface area contributed by atoms with E-state index in [4.69, 9.17) is 4.74 Å². The van der Waals surface area contributed by atoms with Crippen LogP contribution in [0.4, 0.5) is 0 Å². The van der Waals surface area contributed by atoms with Crippen molar-refractivity contribution in [1.82, 2.24) is 19.1 Å². The fraction of sp³-hybridized carbons (Fsp3) is 0.500. The minimum absolute atomic E-state index is 0.0481. The summed E-state index contributed by atoms with van der Waals surface area (Å²) >= 11 is 0. The molecular weight excluding hydrogens is 256 g/mol. The lowest BCUT2D eigenvalue weighted by Crippen LogP contribution is -2.40. The second kappa shape index (κ2) is 3.32. The molecule has 19 heavy (non-hydrogen) atoms. The first kappa shape index (κ1) is 10.9. The third-order valence-corrected chi connectivity index (χ3v) is 3.68. The van der Waals surface area contributed by atoms with Gasteiger partial charge in [-0.2, -0.15) is 0 Å². The summed E-state index contributed by atoms with van der Waals surface area (Å²) < 4.78 is 8.22. The standard InChI is InChI=1S/C10H10N4O5/c15-5-3-1-13-8-4(7(17)12-10(13)18)11-2-14(8)9(19-3)6(5)16/h2-3,5-6,9,15-16H,1H2,(H,12,17,18)/t3-,5?,6?,9+/m1/s1. The smallest absolute Gasteiger partial charge is 0.330 e. The van der Waals surface area contributed by atoms with E-state index in [-0.39, 0.29) is 12.1 Å². The van der Waals surface area contributed by atoms with Crippen molar-refractivity contribution < 1.29 is 14.9 Å². The second-order valence-electron chi connectivity index (χ2n) is 4.74. The molecule has 100 valence electrons. The number of H-pyrrole nitrogens is 1. The summed E-state index contributed by atoms with van der Waals surface area (Å²) in [5.41, 5.74) is -0.760. The molecule has 2 aliphatic rings.